The maximum atomic E-state index is 12.8. The highest BCUT2D eigenvalue weighted by Crippen LogP contribution is 2.43. The van der Waals surface area contributed by atoms with E-state index < -0.39 is 0 Å². The number of amides is 2. The van der Waals surface area contributed by atoms with Gasteiger partial charge in [0.1, 0.15) is 5.75 Å². The van der Waals surface area contributed by atoms with E-state index in [2.05, 4.69) is 30.3 Å². The molecular formula is C22H27N3O2. The summed E-state index contributed by atoms with van der Waals surface area (Å²) in [5.74, 6) is 7.67. The Labute approximate surface area is 160 Å². The molecule has 2 aromatic rings. The van der Waals surface area contributed by atoms with E-state index in [0.717, 1.165) is 37.0 Å². The number of nitrogens with two attached hydrogens (primary N) is 1. The first kappa shape index (κ1) is 17.9. The van der Waals surface area contributed by atoms with Crippen molar-refractivity contribution in [2.45, 2.75) is 43.7 Å². The first-order chi connectivity index (χ1) is 13.1. The van der Waals surface area contributed by atoms with Crippen molar-refractivity contribution in [1.82, 2.24) is 9.91 Å². The molecule has 4 rings (SSSR count). The van der Waals surface area contributed by atoms with Gasteiger partial charge in [-0.1, -0.05) is 42.5 Å². The van der Waals surface area contributed by atoms with E-state index in [4.69, 9.17) is 10.6 Å². The maximum Gasteiger partial charge on any atom is 0.335 e. The zero-order valence-corrected chi connectivity index (χ0v) is 15.8. The van der Waals surface area contributed by atoms with Crippen molar-refractivity contribution in [1.29, 1.82) is 0 Å². The molecule has 0 bridgehead atoms. The van der Waals surface area contributed by atoms with E-state index in [-0.39, 0.29) is 11.6 Å². The summed E-state index contributed by atoms with van der Waals surface area (Å²) in [7, 11) is 1.65. The Morgan fingerprint density at radius 1 is 1.07 bits per heavy atom. The fourth-order valence-corrected chi connectivity index (χ4v) is 4.54. The average molecular weight is 365 g/mol. The van der Waals surface area contributed by atoms with Gasteiger partial charge in [-0.05, 0) is 54.9 Å². The minimum atomic E-state index is -0.227. The number of urea groups is 1. The highest BCUT2D eigenvalue weighted by molar-refractivity contribution is 5.77. The predicted octanol–water partition coefficient (Wildman–Crippen LogP) is 3.90. The zero-order chi connectivity index (χ0) is 18.9. The van der Waals surface area contributed by atoms with Gasteiger partial charge in [0.05, 0.1) is 12.6 Å². The van der Waals surface area contributed by atoms with Crippen molar-refractivity contribution in [3.63, 3.8) is 0 Å². The van der Waals surface area contributed by atoms with Gasteiger partial charge in [-0.3, -0.25) is 5.01 Å². The van der Waals surface area contributed by atoms with Crippen molar-refractivity contribution in [3.8, 4) is 5.75 Å². The molecule has 1 heterocycles. The van der Waals surface area contributed by atoms with Crippen LogP contribution in [-0.2, 0) is 6.54 Å². The molecule has 2 N–H and O–H groups in total. The molecule has 27 heavy (non-hydrogen) atoms. The summed E-state index contributed by atoms with van der Waals surface area (Å²) in [6.45, 7) is 1.29. The summed E-state index contributed by atoms with van der Waals surface area (Å²) in [6.07, 6.45) is 4.05. The van der Waals surface area contributed by atoms with E-state index in [1.54, 1.807) is 7.11 Å². The largest absolute Gasteiger partial charge is 0.497 e. The van der Waals surface area contributed by atoms with Gasteiger partial charge in [-0.15, -0.1) is 0 Å². The maximum absolute atomic E-state index is 12.8. The van der Waals surface area contributed by atoms with E-state index in [9.17, 15) is 4.79 Å². The molecule has 2 fully saturated rings. The molecule has 5 heteroatoms. The third-order valence-electron chi connectivity index (χ3n) is 6.19. The molecule has 5 nitrogen and oxygen atoms in total. The molecule has 2 aliphatic rings. The fraction of sp³-hybridized carbons (Fsp3) is 0.409. The number of nitrogens with zero attached hydrogens (tertiary/aromatic N) is 2. The first-order valence-electron chi connectivity index (χ1n) is 9.63. The van der Waals surface area contributed by atoms with Gasteiger partial charge >= 0.3 is 6.03 Å². The van der Waals surface area contributed by atoms with Crippen LogP contribution in [0.25, 0.3) is 0 Å². The highest BCUT2D eigenvalue weighted by atomic mass is 16.5. The van der Waals surface area contributed by atoms with Crippen LogP contribution in [0.3, 0.4) is 0 Å². The Kier molecular flexibility index (Phi) is 4.79. The number of hydrogen-bond donors (Lipinski definition) is 1. The Balaban J connectivity index is 1.43. The first-order valence-corrected chi connectivity index (χ1v) is 9.63. The van der Waals surface area contributed by atoms with Crippen LogP contribution in [0.2, 0.25) is 0 Å². The van der Waals surface area contributed by atoms with Gasteiger partial charge in [-0.25, -0.2) is 10.6 Å². The molecule has 1 saturated carbocycles. The molecule has 2 amide bonds. The summed E-state index contributed by atoms with van der Waals surface area (Å²) in [5.41, 5.74) is 2.26. The highest BCUT2D eigenvalue weighted by Gasteiger charge is 2.50. The van der Waals surface area contributed by atoms with Gasteiger partial charge in [0.25, 0.3) is 0 Å². The molecule has 0 radical (unpaired) electrons. The average Bonchev–Trinajstić information content (AvgIpc) is 2.94. The molecule has 1 aliphatic carbocycles. The van der Waals surface area contributed by atoms with Crippen LogP contribution in [0.15, 0.2) is 54.6 Å². The smallest absolute Gasteiger partial charge is 0.335 e. The van der Waals surface area contributed by atoms with Crippen molar-refractivity contribution in [3.05, 3.63) is 65.7 Å². The lowest BCUT2D eigenvalue weighted by atomic mass is 9.74. The Morgan fingerprint density at radius 3 is 2.37 bits per heavy atom. The van der Waals surface area contributed by atoms with E-state index in [0.29, 0.717) is 19.0 Å². The second-order valence-corrected chi connectivity index (χ2v) is 7.77. The lowest BCUT2D eigenvalue weighted by Crippen LogP contribution is -2.53. The lowest BCUT2D eigenvalue weighted by molar-refractivity contribution is 0.113. The van der Waals surface area contributed by atoms with Gasteiger partial charge in [0.2, 0.25) is 0 Å². The number of ether oxygens (including phenoxy) is 1. The number of carbonyl (C=O) groups excluding carboxylic acids is 1. The number of carbonyl (C=O) groups is 1. The molecule has 1 aliphatic heterocycles. The number of hydrazine groups is 1. The predicted molar refractivity (Wildman–Crippen MR) is 105 cm³/mol. The minimum absolute atomic E-state index is 0.0658. The van der Waals surface area contributed by atoms with Crippen LogP contribution in [0.4, 0.5) is 4.79 Å². The molecule has 0 aromatic heterocycles. The van der Waals surface area contributed by atoms with E-state index >= 15 is 0 Å². The third-order valence-corrected chi connectivity index (χ3v) is 6.19. The molecule has 142 valence electrons. The van der Waals surface area contributed by atoms with Crippen LogP contribution in [0, 0.1) is 0 Å². The van der Waals surface area contributed by atoms with Gasteiger partial charge in [0.15, 0.2) is 0 Å². The Bertz CT molecular complexity index is 783. The second-order valence-electron chi connectivity index (χ2n) is 7.77. The number of methoxy groups -OCH3 is 1. The normalized spacial score (nSPS) is 25.3. The Hall–Kier alpha value is -2.53. The van der Waals surface area contributed by atoms with Crippen LogP contribution < -0.4 is 10.6 Å². The molecular weight excluding hydrogens is 338 g/mol. The van der Waals surface area contributed by atoms with Crippen molar-refractivity contribution in [2.24, 2.45) is 5.84 Å². The van der Waals surface area contributed by atoms with Gasteiger partial charge in [-0.2, -0.15) is 0 Å². The number of hydrogen-bond acceptors (Lipinski definition) is 3. The SMILES string of the molecule is COc1ccc(CN2CC3(CCC(c4ccccc4)CC3)N(N)C2=O)cc1. The molecule has 2 aromatic carbocycles. The third kappa shape index (κ3) is 3.39. The Morgan fingerprint density at radius 2 is 1.74 bits per heavy atom. The topological polar surface area (TPSA) is 58.8 Å². The van der Waals surface area contributed by atoms with Crippen molar-refractivity contribution >= 4 is 6.03 Å². The van der Waals surface area contributed by atoms with Crippen molar-refractivity contribution < 1.29 is 9.53 Å². The summed E-state index contributed by atoms with van der Waals surface area (Å²) in [4.78, 5) is 14.6. The number of rotatable bonds is 4. The summed E-state index contributed by atoms with van der Waals surface area (Å²) >= 11 is 0. The minimum Gasteiger partial charge on any atom is -0.497 e. The summed E-state index contributed by atoms with van der Waals surface area (Å²) in [5, 5.41) is 1.51. The second kappa shape index (κ2) is 7.24. The standard InChI is InChI=1S/C22H27N3O2/c1-27-20-9-7-17(8-10-20)15-24-16-22(25(23)21(24)26)13-11-19(12-14-22)18-5-3-2-4-6-18/h2-10,19H,11-16,23H2,1H3. The zero-order valence-electron chi connectivity index (χ0n) is 15.8. The quantitative estimate of drug-likeness (QED) is 0.660. The molecule has 1 saturated heterocycles. The summed E-state index contributed by atoms with van der Waals surface area (Å²) in [6, 6.07) is 18.5. The van der Waals surface area contributed by atoms with Crippen LogP contribution in [0.1, 0.15) is 42.7 Å². The van der Waals surface area contributed by atoms with E-state index in [1.807, 2.05) is 29.2 Å². The summed E-state index contributed by atoms with van der Waals surface area (Å²) < 4.78 is 5.21. The van der Waals surface area contributed by atoms with Gasteiger partial charge in [0, 0.05) is 13.1 Å². The molecule has 0 atom stereocenters. The lowest BCUT2D eigenvalue weighted by Gasteiger charge is -2.40. The number of benzene rings is 2. The fourth-order valence-electron chi connectivity index (χ4n) is 4.54. The van der Waals surface area contributed by atoms with Crippen LogP contribution in [-0.4, -0.2) is 35.1 Å². The molecule has 0 unspecified atom stereocenters. The molecule has 1 spiro atoms. The monoisotopic (exact) mass is 365 g/mol. The van der Waals surface area contributed by atoms with Crippen molar-refractivity contribution in [2.75, 3.05) is 13.7 Å². The van der Waals surface area contributed by atoms with E-state index in [1.165, 1.54) is 10.6 Å². The van der Waals surface area contributed by atoms with Gasteiger partial charge < -0.3 is 9.64 Å². The van der Waals surface area contributed by atoms with Crippen LogP contribution >= 0.6 is 0 Å². The van der Waals surface area contributed by atoms with Crippen LogP contribution in [0.5, 0.6) is 5.75 Å².